The molecule has 2 aromatic rings. The Labute approximate surface area is 155 Å². The number of nitrogens with zero attached hydrogens (tertiary/aromatic N) is 2. The van der Waals surface area contributed by atoms with Gasteiger partial charge in [-0.2, -0.15) is 0 Å². The lowest BCUT2D eigenvalue weighted by Crippen LogP contribution is -2.46. The number of thiazole rings is 1. The van der Waals surface area contributed by atoms with Crippen LogP contribution >= 0.6 is 11.3 Å². The SMILES string of the molecule is CCCCOC(=O)N1CC(F)CC1C(=O)NCc1nc2ccccc2s1. The molecule has 0 saturated carbocycles. The van der Waals surface area contributed by atoms with Crippen molar-refractivity contribution >= 4 is 33.6 Å². The van der Waals surface area contributed by atoms with Gasteiger partial charge in [0.25, 0.3) is 0 Å². The number of benzene rings is 1. The van der Waals surface area contributed by atoms with E-state index in [1.54, 1.807) is 0 Å². The fourth-order valence-corrected chi connectivity index (χ4v) is 3.80. The molecule has 2 heterocycles. The molecule has 1 aromatic carbocycles. The van der Waals surface area contributed by atoms with Gasteiger partial charge in [0.1, 0.15) is 17.2 Å². The zero-order chi connectivity index (χ0) is 18.5. The Morgan fingerprint density at radius 3 is 3.00 bits per heavy atom. The summed E-state index contributed by atoms with van der Waals surface area (Å²) in [6.07, 6.45) is -0.210. The maximum atomic E-state index is 13.8. The first-order chi connectivity index (χ1) is 12.6. The highest BCUT2D eigenvalue weighted by molar-refractivity contribution is 7.18. The molecule has 1 aliphatic heterocycles. The summed E-state index contributed by atoms with van der Waals surface area (Å²) in [5.74, 6) is -0.378. The fourth-order valence-electron chi connectivity index (χ4n) is 2.90. The van der Waals surface area contributed by atoms with Gasteiger partial charge in [0.05, 0.1) is 29.9 Å². The smallest absolute Gasteiger partial charge is 0.410 e. The first-order valence-electron chi connectivity index (χ1n) is 8.78. The highest BCUT2D eigenvalue weighted by Gasteiger charge is 2.40. The number of hydrogen-bond acceptors (Lipinski definition) is 5. The van der Waals surface area contributed by atoms with Crippen LogP contribution in [0.4, 0.5) is 9.18 Å². The number of likely N-dealkylation sites (tertiary alicyclic amines) is 1. The maximum Gasteiger partial charge on any atom is 0.410 e. The lowest BCUT2D eigenvalue weighted by Gasteiger charge is -2.22. The molecule has 0 radical (unpaired) electrons. The fraction of sp³-hybridized carbons (Fsp3) is 0.500. The molecule has 0 bridgehead atoms. The highest BCUT2D eigenvalue weighted by atomic mass is 32.1. The summed E-state index contributed by atoms with van der Waals surface area (Å²) in [6, 6.07) is 6.89. The van der Waals surface area contributed by atoms with E-state index in [4.69, 9.17) is 4.74 Å². The second-order valence-corrected chi connectivity index (χ2v) is 7.38. The van der Waals surface area contributed by atoms with Crippen LogP contribution in [0, 0.1) is 0 Å². The van der Waals surface area contributed by atoms with Crippen molar-refractivity contribution in [3.8, 4) is 0 Å². The topological polar surface area (TPSA) is 71.5 Å². The average molecular weight is 379 g/mol. The average Bonchev–Trinajstić information content (AvgIpc) is 3.22. The monoisotopic (exact) mass is 379 g/mol. The number of rotatable bonds is 6. The molecule has 8 heteroatoms. The number of unbranched alkanes of at least 4 members (excludes halogenated alkanes) is 1. The predicted octanol–water partition coefficient (Wildman–Crippen LogP) is 3.26. The molecular weight excluding hydrogens is 357 g/mol. The number of alkyl halides is 1. The number of carbonyl (C=O) groups is 2. The van der Waals surface area contributed by atoms with Crippen molar-refractivity contribution in [2.75, 3.05) is 13.2 Å². The highest BCUT2D eigenvalue weighted by Crippen LogP contribution is 2.23. The van der Waals surface area contributed by atoms with Crippen LogP contribution in [0.15, 0.2) is 24.3 Å². The number of ether oxygens (including phenoxy) is 1. The van der Waals surface area contributed by atoms with E-state index in [1.165, 1.54) is 16.2 Å². The zero-order valence-electron chi connectivity index (χ0n) is 14.6. The van der Waals surface area contributed by atoms with Gasteiger partial charge in [0.2, 0.25) is 5.91 Å². The number of aromatic nitrogens is 1. The summed E-state index contributed by atoms with van der Waals surface area (Å²) in [7, 11) is 0. The van der Waals surface area contributed by atoms with Gasteiger partial charge in [-0.05, 0) is 18.6 Å². The van der Waals surface area contributed by atoms with Crippen LogP contribution in [0.2, 0.25) is 0 Å². The normalized spacial score (nSPS) is 19.7. The summed E-state index contributed by atoms with van der Waals surface area (Å²) in [5.41, 5.74) is 0.882. The summed E-state index contributed by atoms with van der Waals surface area (Å²) >= 11 is 1.50. The number of carbonyl (C=O) groups excluding carboxylic acids is 2. The van der Waals surface area contributed by atoms with E-state index in [2.05, 4.69) is 10.3 Å². The number of fused-ring (bicyclic) bond motifs is 1. The van der Waals surface area contributed by atoms with Crippen molar-refractivity contribution in [3.05, 3.63) is 29.3 Å². The van der Waals surface area contributed by atoms with E-state index in [0.29, 0.717) is 0 Å². The van der Waals surface area contributed by atoms with Crippen molar-refractivity contribution in [1.29, 1.82) is 0 Å². The van der Waals surface area contributed by atoms with Crippen molar-refractivity contribution in [1.82, 2.24) is 15.2 Å². The minimum Gasteiger partial charge on any atom is -0.449 e. The van der Waals surface area contributed by atoms with Gasteiger partial charge < -0.3 is 10.1 Å². The quantitative estimate of drug-likeness (QED) is 0.782. The minimum absolute atomic E-state index is 0.00540. The van der Waals surface area contributed by atoms with E-state index in [9.17, 15) is 14.0 Å². The van der Waals surface area contributed by atoms with Crippen LogP contribution in [-0.4, -0.2) is 47.2 Å². The van der Waals surface area contributed by atoms with Gasteiger partial charge in [0, 0.05) is 6.42 Å². The standard InChI is InChI=1S/C18H22FN3O3S/c1-2-3-8-25-18(24)22-11-12(19)9-14(22)17(23)20-10-16-21-13-6-4-5-7-15(13)26-16/h4-7,12,14H,2-3,8-11H2,1H3,(H,20,23). The minimum atomic E-state index is -1.22. The van der Waals surface area contributed by atoms with Crippen molar-refractivity contribution in [2.24, 2.45) is 0 Å². The predicted molar refractivity (Wildman–Crippen MR) is 97.7 cm³/mol. The Balaban J connectivity index is 1.58. The van der Waals surface area contributed by atoms with E-state index >= 15 is 0 Å². The summed E-state index contributed by atoms with van der Waals surface area (Å²) in [5, 5.41) is 3.54. The summed E-state index contributed by atoms with van der Waals surface area (Å²) in [6.45, 7) is 2.41. The van der Waals surface area contributed by atoms with E-state index in [1.807, 2.05) is 31.2 Å². The molecule has 1 saturated heterocycles. The molecule has 2 unspecified atom stereocenters. The third-order valence-corrected chi connectivity index (χ3v) is 5.30. The Morgan fingerprint density at radius 1 is 1.42 bits per heavy atom. The molecule has 0 spiro atoms. The Kier molecular flexibility index (Phi) is 6.03. The molecule has 1 aliphatic rings. The van der Waals surface area contributed by atoms with Gasteiger partial charge in [-0.25, -0.2) is 14.2 Å². The van der Waals surface area contributed by atoms with Crippen LogP contribution in [0.5, 0.6) is 0 Å². The number of halogens is 1. The third kappa shape index (κ3) is 4.30. The first-order valence-corrected chi connectivity index (χ1v) is 9.59. The second-order valence-electron chi connectivity index (χ2n) is 6.26. The maximum absolute atomic E-state index is 13.8. The van der Waals surface area contributed by atoms with Gasteiger partial charge in [-0.3, -0.25) is 9.69 Å². The van der Waals surface area contributed by atoms with Crippen molar-refractivity contribution < 1.29 is 18.7 Å². The summed E-state index contributed by atoms with van der Waals surface area (Å²) in [4.78, 5) is 30.2. The van der Waals surface area contributed by atoms with Crippen LogP contribution < -0.4 is 5.32 Å². The van der Waals surface area contributed by atoms with Crippen LogP contribution in [0.25, 0.3) is 10.2 Å². The molecular formula is C18H22FN3O3S. The molecule has 0 aliphatic carbocycles. The van der Waals surface area contributed by atoms with Gasteiger partial charge in [-0.15, -0.1) is 11.3 Å². The molecule has 140 valence electrons. The first kappa shape index (κ1) is 18.6. The Bertz CT molecular complexity index is 749. The molecule has 6 nitrogen and oxygen atoms in total. The lowest BCUT2D eigenvalue weighted by molar-refractivity contribution is -0.125. The molecule has 26 heavy (non-hydrogen) atoms. The number of hydrogen-bond donors (Lipinski definition) is 1. The molecule has 2 atom stereocenters. The van der Waals surface area contributed by atoms with Crippen molar-refractivity contribution in [3.63, 3.8) is 0 Å². The number of nitrogens with one attached hydrogen (secondary N) is 1. The van der Waals surface area contributed by atoms with E-state index in [-0.39, 0.29) is 32.0 Å². The lowest BCUT2D eigenvalue weighted by atomic mass is 10.2. The zero-order valence-corrected chi connectivity index (χ0v) is 15.4. The number of para-hydroxylation sites is 1. The largest absolute Gasteiger partial charge is 0.449 e. The van der Waals surface area contributed by atoms with E-state index in [0.717, 1.165) is 28.1 Å². The molecule has 2 amide bonds. The van der Waals surface area contributed by atoms with Crippen molar-refractivity contribution in [2.45, 2.75) is 44.9 Å². The Hall–Kier alpha value is -2.22. The molecule has 3 rings (SSSR count). The van der Waals surface area contributed by atoms with Crippen LogP contribution in [0.1, 0.15) is 31.2 Å². The summed E-state index contributed by atoms with van der Waals surface area (Å²) < 4.78 is 20.0. The molecule has 1 N–H and O–H groups in total. The second kappa shape index (κ2) is 8.44. The van der Waals surface area contributed by atoms with Crippen LogP contribution in [-0.2, 0) is 16.1 Å². The Morgan fingerprint density at radius 2 is 2.23 bits per heavy atom. The van der Waals surface area contributed by atoms with Crippen LogP contribution in [0.3, 0.4) is 0 Å². The third-order valence-electron chi connectivity index (χ3n) is 4.26. The van der Waals surface area contributed by atoms with Gasteiger partial charge >= 0.3 is 6.09 Å². The molecule has 1 aromatic heterocycles. The molecule has 1 fully saturated rings. The number of amides is 2. The van der Waals surface area contributed by atoms with Gasteiger partial charge in [-0.1, -0.05) is 25.5 Å². The van der Waals surface area contributed by atoms with Gasteiger partial charge in [0.15, 0.2) is 0 Å². The van der Waals surface area contributed by atoms with E-state index < -0.39 is 18.3 Å².